The van der Waals surface area contributed by atoms with Crippen LogP contribution in [0.1, 0.15) is 24.5 Å². The Bertz CT molecular complexity index is 1030. The second-order valence-electron chi connectivity index (χ2n) is 8.67. The summed E-state index contributed by atoms with van der Waals surface area (Å²) >= 11 is 0. The first-order valence-electron chi connectivity index (χ1n) is 11.0. The first-order chi connectivity index (χ1) is 15.3. The molecule has 7 nitrogen and oxygen atoms in total. The number of benzene rings is 2. The highest BCUT2D eigenvalue weighted by atomic mass is 32.2. The Balaban J connectivity index is 1.60. The number of urea groups is 1. The molecule has 32 heavy (non-hydrogen) atoms. The highest BCUT2D eigenvalue weighted by Crippen LogP contribution is 2.28. The van der Waals surface area contributed by atoms with Gasteiger partial charge in [-0.05, 0) is 24.1 Å². The van der Waals surface area contributed by atoms with Crippen LogP contribution < -0.4 is 5.32 Å². The van der Waals surface area contributed by atoms with Gasteiger partial charge in [0.1, 0.15) is 5.54 Å². The van der Waals surface area contributed by atoms with Crippen molar-refractivity contribution < 1.29 is 18.0 Å². The molecule has 0 spiro atoms. The SMILES string of the molecule is CCN(CN1C(=O)NC(Cc2ccccc2)(Cc2ccccc2)C1=O)[C@H]1CCS(=O)(=O)C1. The molecule has 8 heteroatoms. The number of hydrogen-bond donors (Lipinski definition) is 1. The molecule has 2 aromatic carbocycles. The molecule has 2 saturated heterocycles. The number of carbonyl (C=O) groups excluding carboxylic acids is 2. The summed E-state index contributed by atoms with van der Waals surface area (Å²) in [6.45, 7) is 2.57. The summed E-state index contributed by atoms with van der Waals surface area (Å²) in [7, 11) is -3.06. The maximum absolute atomic E-state index is 13.7. The summed E-state index contributed by atoms with van der Waals surface area (Å²) in [6.07, 6.45) is 1.29. The Morgan fingerprint density at radius 2 is 1.56 bits per heavy atom. The number of carbonyl (C=O) groups is 2. The second-order valence-corrected chi connectivity index (χ2v) is 10.9. The summed E-state index contributed by atoms with van der Waals surface area (Å²) in [4.78, 5) is 29.9. The number of nitrogens with zero attached hydrogens (tertiary/aromatic N) is 2. The molecule has 1 atom stereocenters. The van der Waals surface area contributed by atoms with Gasteiger partial charge in [-0.25, -0.2) is 18.1 Å². The van der Waals surface area contributed by atoms with E-state index in [9.17, 15) is 18.0 Å². The summed E-state index contributed by atoms with van der Waals surface area (Å²) in [6, 6.07) is 18.7. The second kappa shape index (κ2) is 9.03. The lowest BCUT2D eigenvalue weighted by molar-refractivity contribution is -0.133. The van der Waals surface area contributed by atoms with Gasteiger partial charge in [-0.2, -0.15) is 0 Å². The molecule has 0 bridgehead atoms. The maximum Gasteiger partial charge on any atom is 0.326 e. The van der Waals surface area contributed by atoms with E-state index < -0.39 is 21.4 Å². The topological polar surface area (TPSA) is 86.8 Å². The monoisotopic (exact) mass is 455 g/mol. The highest BCUT2D eigenvalue weighted by molar-refractivity contribution is 7.91. The predicted octanol–water partition coefficient (Wildman–Crippen LogP) is 2.23. The van der Waals surface area contributed by atoms with Crippen LogP contribution >= 0.6 is 0 Å². The third-order valence-corrected chi connectivity index (χ3v) is 8.15. The van der Waals surface area contributed by atoms with E-state index in [1.54, 1.807) is 0 Å². The Labute approximate surface area is 189 Å². The van der Waals surface area contributed by atoms with Crippen LogP contribution in [0, 0.1) is 0 Å². The molecule has 4 rings (SSSR count). The molecule has 170 valence electrons. The highest BCUT2D eigenvalue weighted by Gasteiger charge is 2.51. The lowest BCUT2D eigenvalue weighted by atomic mass is 9.84. The molecule has 2 aromatic rings. The quantitative estimate of drug-likeness (QED) is 0.617. The van der Waals surface area contributed by atoms with Gasteiger partial charge in [0.15, 0.2) is 9.84 Å². The lowest BCUT2D eigenvalue weighted by Crippen LogP contribution is -2.52. The largest absolute Gasteiger partial charge is 0.326 e. The van der Waals surface area contributed by atoms with Gasteiger partial charge in [0, 0.05) is 18.9 Å². The summed E-state index contributed by atoms with van der Waals surface area (Å²) in [5, 5.41) is 2.99. The van der Waals surface area contributed by atoms with Crippen molar-refractivity contribution in [3.8, 4) is 0 Å². The number of sulfone groups is 1. The zero-order valence-electron chi connectivity index (χ0n) is 18.2. The van der Waals surface area contributed by atoms with E-state index in [0.717, 1.165) is 11.1 Å². The molecule has 0 radical (unpaired) electrons. The van der Waals surface area contributed by atoms with Gasteiger partial charge >= 0.3 is 6.03 Å². The van der Waals surface area contributed by atoms with Crippen LogP contribution in [-0.4, -0.2) is 66.5 Å². The van der Waals surface area contributed by atoms with Crippen LogP contribution in [0.15, 0.2) is 60.7 Å². The van der Waals surface area contributed by atoms with Crippen LogP contribution in [0.25, 0.3) is 0 Å². The zero-order chi connectivity index (χ0) is 22.8. The Morgan fingerprint density at radius 1 is 1.00 bits per heavy atom. The van der Waals surface area contributed by atoms with Crippen molar-refractivity contribution in [1.29, 1.82) is 0 Å². The van der Waals surface area contributed by atoms with Gasteiger partial charge in [-0.15, -0.1) is 0 Å². The molecule has 2 aliphatic heterocycles. The third kappa shape index (κ3) is 4.71. The molecular weight excluding hydrogens is 426 g/mol. The van der Waals surface area contributed by atoms with Crippen LogP contribution in [0.4, 0.5) is 4.79 Å². The molecule has 0 saturated carbocycles. The van der Waals surface area contributed by atoms with Crippen molar-refractivity contribution in [2.24, 2.45) is 0 Å². The average molecular weight is 456 g/mol. The van der Waals surface area contributed by atoms with Gasteiger partial charge in [0.05, 0.1) is 18.2 Å². The predicted molar refractivity (Wildman–Crippen MR) is 123 cm³/mol. The minimum Gasteiger partial charge on any atom is -0.322 e. The van der Waals surface area contributed by atoms with Crippen LogP contribution in [0.5, 0.6) is 0 Å². The van der Waals surface area contributed by atoms with Gasteiger partial charge in [-0.1, -0.05) is 67.6 Å². The number of hydrogen-bond acceptors (Lipinski definition) is 5. The van der Waals surface area contributed by atoms with E-state index in [1.165, 1.54) is 4.90 Å². The van der Waals surface area contributed by atoms with Gasteiger partial charge in [0.2, 0.25) is 0 Å². The molecule has 1 N–H and O–H groups in total. The van der Waals surface area contributed by atoms with Crippen molar-refractivity contribution in [2.45, 2.75) is 37.8 Å². The summed E-state index contributed by atoms with van der Waals surface area (Å²) in [5.41, 5.74) is 0.849. The molecule has 3 amide bonds. The van der Waals surface area contributed by atoms with Gasteiger partial charge in [-0.3, -0.25) is 9.69 Å². The fraction of sp³-hybridized carbons (Fsp3) is 0.417. The van der Waals surface area contributed by atoms with Crippen molar-refractivity contribution in [3.63, 3.8) is 0 Å². The number of imide groups is 1. The molecule has 0 aromatic heterocycles. The van der Waals surface area contributed by atoms with E-state index in [0.29, 0.717) is 25.8 Å². The van der Waals surface area contributed by atoms with Crippen molar-refractivity contribution in [1.82, 2.24) is 15.1 Å². The third-order valence-electron chi connectivity index (χ3n) is 6.40. The lowest BCUT2D eigenvalue weighted by Gasteiger charge is -2.31. The smallest absolute Gasteiger partial charge is 0.322 e. The minimum absolute atomic E-state index is 0.0731. The normalized spacial score (nSPS) is 21.8. The molecule has 2 aliphatic rings. The number of amides is 3. The first-order valence-corrected chi connectivity index (χ1v) is 12.8. The molecule has 2 fully saturated rings. The van der Waals surface area contributed by atoms with Crippen molar-refractivity contribution >= 4 is 21.8 Å². The summed E-state index contributed by atoms with van der Waals surface area (Å²) < 4.78 is 23.9. The van der Waals surface area contributed by atoms with Crippen molar-refractivity contribution in [3.05, 3.63) is 71.8 Å². The Hall–Kier alpha value is -2.71. The van der Waals surface area contributed by atoms with E-state index in [2.05, 4.69) is 5.32 Å². The maximum atomic E-state index is 13.7. The first kappa shape index (κ1) is 22.5. The molecule has 0 unspecified atom stereocenters. The Morgan fingerprint density at radius 3 is 2.03 bits per heavy atom. The molecular formula is C24H29N3O4S. The zero-order valence-corrected chi connectivity index (χ0v) is 19.1. The average Bonchev–Trinajstić information content (AvgIpc) is 3.24. The fourth-order valence-corrected chi connectivity index (χ4v) is 6.48. The standard InChI is InChI=1S/C24H29N3O4S/c1-2-26(21-13-14-32(30,31)17-21)18-27-22(28)24(25-23(27)29,15-19-9-5-3-6-10-19)16-20-11-7-4-8-12-20/h3-12,21H,2,13-18H2,1H3,(H,25,29)/t21-/m0/s1. The van der Waals surface area contributed by atoms with E-state index in [-0.39, 0.29) is 30.1 Å². The van der Waals surface area contributed by atoms with Gasteiger partial charge < -0.3 is 5.32 Å². The van der Waals surface area contributed by atoms with Crippen molar-refractivity contribution in [2.75, 3.05) is 24.7 Å². The van der Waals surface area contributed by atoms with Crippen LogP contribution in [-0.2, 0) is 27.5 Å². The van der Waals surface area contributed by atoms with E-state index in [1.807, 2.05) is 72.5 Å². The van der Waals surface area contributed by atoms with Crippen LogP contribution in [0.3, 0.4) is 0 Å². The number of nitrogens with one attached hydrogen (secondary N) is 1. The molecule has 0 aliphatic carbocycles. The van der Waals surface area contributed by atoms with E-state index in [4.69, 9.17) is 0 Å². The van der Waals surface area contributed by atoms with Gasteiger partial charge in [0.25, 0.3) is 5.91 Å². The number of rotatable bonds is 8. The minimum atomic E-state index is -3.06. The van der Waals surface area contributed by atoms with Crippen LogP contribution in [0.2, 0.25) is 0 Å². The van der Waals surface area contributed by atoms with E-state index >= 15 is 0 Å². The molecule has 2 heterocycles. The fourth-order valence-electron chi connectivity index (χ4n) is 4.71. The Kier molecular flexibility index (Phi) is 6.35. The summed E-state index contributed by atoms with van der Waals surface area (Å²) in [5.74, 6) is -0.0429.